The van der Waals surface area contributed by atoms with Gasteiger partial charge in [0.2, 0.25) is 0 Å². The number of nitrogens with two attached hydrogens (primary N) is 1. The van der Waals surface area contributed by atoms with Crippen molar-refractivity contribution < 1.29 is 4.74 Å². The van der Waals surface area contributed by atoms with Gasteiger partial charge in [0.1, 0.15) is 5.82 Å². The SMILES string of the molecule is Cc1ccc(N)c(NCCN2CCOCC2)n1. The zero-order valence-electron chi connectivity index (χ0n) is 10.3. The van der Waals surface area contributed by atoms with Gasteiger partial charge in [0.05, 0.1) is 18.9 Å². The molecule has 0 radical (unpaired) electrons. The van der Waals surface area contributed by atoms with E-state index < -0.39 is 0 Å². The molecule has 1 saturated heterocycles. The Kier molecular flexibility index (Phi) is 4.17. The van der Waals surface area contributed by atoms with Crippen molar-refractivity contribution in [1.29, 1.82) is 0 Å². The van der Waals surface area contributed by atoms with E-state index in [4.69, 9.17) is 10.5 Å². The first kappa shape index (κ1) is 12.1. The largest absolute Gasteiger partial charge is 0.396 e. The number of rotatable bonds is 4. The summed E-state index contributed by atoms with van der Waals surface area (Å²) in [5, 5.41) is 3.28. The summed E-state index contributed by atoms with van der Waals surface area (Å²) in [5.41, 5.74) is 7.54. The maximum Gasteiger partial charge on any atom is 0.149 e. The summed E-state index contributed by atoms with van der Waals surface area (Å²) < 4.78 is 5.30. The highest BCUT2D eigenvalue weighted by atomic mass is 16.5. The molecule has 0 unspecified atom stereocenters. The van der Waals surface area contributed by atoms with Crippen LogP contribution in [0.3, 0.4) is 0 Å². The van der Waals surface area contributed by atoms with E-state index in [1.54, 1.807) is 0 Å². The fraction of sp³-hybridized carbons (Fsp3) is 0.583. The van der Waals surface area contributed by atoms with Crippen LogP contribution in [0.15, 0.2) is 12.1 Å². The molecule has 1 aromatic rings. The first-order chi connectivity index (χ1) is 8.25. The van der Waals surface area contributed by atoms with E-state index in [1.807, 2.05) is 19.1 Å². The third-order valence-electron chi connectivity index (χ3n) is 2.89. The van der Waals surface area contributed by atoms with Crippen LogP contribution in [0.4, 0.5) is 11.5 Å². The van der Waals surface area contributed by atoms with Crippen LogP contribution in [0.25, 0.3) is 0 Å². The van der Waals surface area contributed by atoms with Gasteiger partial charge in [-0.2, -0.15) is 0 Å². The van der Waals surface area contributed by atoms with Crippen molar-refractivity contribution in [3.05, 3.63) is 17.8 Å². The van der Waals surface area contributed by atoms with Crippen molar-refractivity contribution in [2.45, 2.75) is 6.92 Å². The number of aromatic nitrogens is 1. The van der Waals surface area contributed by atoms with Crippen LogP contribution in [-0.4, -0.2) is 49.3 Å². The molecular weight excluding hydrogens is 216 g/mol. The zero-order chi connectivity index (χ0) is 12.1. The van der Waals surface area contributed by atoms with E-state index in [2.05, 4.69) is 15.2 Å². The predicted octanol–water partition coefficient (Wildman–Crippen LogP) is 0.716. The third kappa shape index (κ3) is 3.57. The minimum absolute atomic E-state index is 0.706. The fourth-order valence-corrected chi connectivity index (χ4v) is 1.87. The monoisotopic (exact) mass is 236 g/mol. The van der Waals surface area contributed by atoms with Crippen molar-refractivity contribution in [2.24, 2.45) is 0 Å². The average Bonchev–Trinajstić information content (AvgIpc) is 2.35. The molecule has 1 aliphatic heterocycles. The lowest BCUT2D eigenvalue weighted by Crippen LogP contribution is -2.39. The molecule has 17 heavy (non-hydrogen) atoms. The summed E-state index contributed by atoms with van der Waals surface area (Å²) in [7, 11) is 0. The van der Waals surface area contributed by atoms with Gasteiger partial charge < -0.3 is 15.8 Å². The number of nitrogens with one attached hydrogen (secondary N) is 1. The lowest BCUT2D eigenvalue weighted by atomic mass is 10.3. The molecule has 94 valence electrons. The molecule has 1 aliphatic rings. The first-order valence-electron chi connectivity index (χ1n) is 6.03. The number of anilines is 2. The van der Waals surface area contributed by atoms with E-state index in [1.165, 1.54) is 0 Å². The van der Waals surface area contributed by atoms with Crippen molar-refractivity contribution in [3.63, 3.8) is 0 Å². The summed E-state index contributed by atoms with van der Waals surface area (Å²) in [6, 6.07) is 3.81. The average molecular weight is 236 g/mol. The van der Waals surface area contributed by atoms with Gasteiger partial charge in [0, 0.05) is 31.9 Å². The Morgan fingerprint density at radius 1 is 1.41 bits per heavy atom. The molecule has 0 amide bonds. The number of pyridine rings is 1. The number of hydrogen-bond donors (Lipinski definition) is 2. The van der Waals surface area contributed by atoms with Crippen LogP contribution in [0.1, 0.15) is 5.69 Å². The van der Waals surface area contributed by atoms with Crippen LogP contribution in [0, 0.1) is 6.92 Å². The fourth-order valence-electron chi connectivity index (χ4n) is 1.87. The molecule has 5 nitrogen and oxygen atoms in total. The molecule has 0 aliphatic carbocycles. The summed E-state index contributed by atoms with van der Waals surface area (Å²) in [5.74, 6) is 0.790. The third-order valence-corrected chi connectivity index (χ3v) is 2.89. The smallest absolute Gasteiger partial charge is 0.149 e. The van der Waals surface area contributed by atoms with Gasteiger partial charge in [0.15, 0.2) is 0 Å². The number of ether oxygens (including phenoxy) is 1. The van der Waals surface area contributed by atoms with E-state index in [0.29, 0.717) is 5.69 Å². The highest BCUT2D eigenvalue weighted by molar-refractivity contribution is 5.61. The number of hydrogen-bond acceptors (Lipinski definition) is 5. The molecule has 1 fully saturated rings. The number of nitrogens with zero attached hydrogens (tertiary/aromatic N) is 2. The molecule has 0 aromatic carbocycles. The molecule has 1 aromatic heterocycles. The summed E-state index contributed by atoms with van der Waals surface area (Å²) in [6.07, 6.45) is 0. The predicted molar refractivity (Wildman–Crippen MR) is 69.1 cm³/mol. The Bertz CT molecular complexity index is 364. The number of aryl methyl sites for hydroxylation is 1. The van der Waals surface area contributed by atoms with Crippen LogP contribution in [0.2, 0.25) is 0 Å². The first-order valence-corrected chi connectivity index (χ1v) is 6.03. The van der Waals surface area contributed by atoms with Crippen molar-refractivity contribution >= 4 is 11.5 Å². The topological polar surface area (TPSA) is 63.4 Å². The zero-order valence-corrected chi connectivity index (χ0v) is 10.3. The van der Waals surface area contributed by atoms with Gasteiger partial charge in [-0.25, -0.2) is 4.98 Å². The Morgan fingerprint density at radius 3 is 2.94 bits per heavy atom. The summed E-state index contributed by atoms with van der Waals surface area (Å²) in [4.78, 5) is 6.75. The van der Waals surface area contributed by atoms with Gasteiger partial charge >= 0.3 is 0 Å². The van der Waals surface area contributed by atoms with E-state index in [9.17, 15) is 0 Å². The quantitative estimate of drug-likeness (QED) is 0.806. The van der Waals surface area contributed by atoms with Gasteiger partial charge in [-0.05, 0) is 19.1 Å². The molecule has 0 atom stereocenters. The van der Waals surface area contributed by atoms with Gasteiger partial charge in [-0.3, -0.25) is 4.90 Å². The van der Waals surface area contributed by atoms with Crippen LogP contribution >= 0.6 is 0 Å². The van der Waals surface area contributed by atoms with E-state index in [0.717, 1.165) is 50.9 Å². The molecule has 0 spiro atoms. The maximum absolute atomic E-state index is 5.85. The molecule has 2 heterocycles. The lowest BCUT2D eigenvalue weighted by Gasteiger charge is -2.26. The van der Waals surface area contributed by atoms with Gasteiger partial charge in [0.25, 0.3) is 0 Å². The van der Waals surface area contributed by atoms with Crippen LogP contribution < -0.4 is 11.1 Å². The normalized spacial score (nSPS) is 17.0. The van der Waals surface area contributed by atoms with Crippen molar-refractivity contribution in [1.82, 2.24) is 9.88 Å². The highest BCUT2D eigenvalue weighted by Gasteiger charge is 2.09. The highest BCUT2D eigenvalue weighted by Crippen LogP contribution is 2.14. The van der Waals surface area contributed by atoms with Crippen molar-refractivity contribution in [2.75, 3.05) is 50.4 Å². The van der Waals surface area contributed by atoms with Gasteiger partial charge in [-0.15, -0.1) is 0 Å². The Morgan fingerprint density at radius 2 is 2.18 bits per heavy atom. The Hall–Kier alpha value is -1.33. The standard InChI is InChI=1S/C12H20N4O/c1-10-2-3-11(13)12(15-10)14-4-5-16-6-8-17-9-7-16/h2-3H,4-9,13H2,1H3,(H,14,15). The second-order valence-electron chi connectivity index (χ2n) is 4.27. The molecule has 5 heteroatoms. The number of nitrogen functional groups attached to an aromatic ring is 1. The minimum atomic E-state index is 0.706. The maximum atomic E-state index is 5.85. The molecular formula is C12H20N4O. The van der Waals surface area contributed by atoms with Crippen LogP contribution in [0.5, 0.6) is 0 Å². The Balaban J connectivity index is 1.79. The molecule has 0 saturated carbocycles. The molecule has 3 N–H and O–H groups in total. The summed E-state index contributed by atoms with van der Waals surface area (Å²) >= 11 is 0. The Labute approximate surface area is 102 Å². The second-order valence-corrected chi connectivity index (χ2v) is 4.27. The minimum Gasteiger partial charge on any atom is -0.396 e. The van der Waals surface area contributed by atoms with Gasteiger partial charge in [-0.1, -0.05) is 0 Å². The molecule has 2 rings (SSSR count). The van der Waals surface area contributed by atoms with E-state index in [-0.39, 0.29) is 0 Å². The molecule has 0 bridgehead atoms. The summed E-state index contributed by atoms with van der Waals surface area (Å²) in [6.45, 7) is 7.53. The second kappa shape index (κ2) is 5.84. The lowest BCUT2D eigenvalue weighted by molar-refractivity contribution is 0.0398. The van der Waals surface area contributed by atoms with E-state index >= 15 is 0 Å². The van der Waals surface area contributed by atoms with Crippen molar-refractivity contribution in [3.8, 4) is 0 Å². The number of morpholine rings is 1. The van der Waals surface area contributed by atoms with Crippen LogP contribution in [-0.2, 0) is 4.74 Å².